The van der Waals surface area contributed by atoms with Crippen LogP contribution in [0, 0.1) is 17.0 Å². The van der Waals surface area contributed by atoms with Gasteiger partial charge in [0.1, 0.15) is 5.82 Å². The summed E-state index contributed by atoms with van der Waals surface area (Å²) in [5, 5.41) is 10.7. The molecule has 1 aromatic heterocycles. The van der Waals surface area contributed by atoms with Gasteiger partial charge in [0.15, 0.2) is 0 Å². The lowest BCUT2D eigenvalue weighted by Crippen LogP contribution is -2.19. The third-order valence-corrected chi connectivity index (χ3v) is 3.14. The number of rotatable bonds is 4. The molecule has 0 bridgehead atoms. The van der Waals surface area contributed by atoms with Gasteiger partial charge in [-0.25, -0.2) is 4.98 Å². The molecule has 1 heterocycles. The van der Waals surface area contributed by atoms with Crippen molar-refractivity contribution >= 4 is 17.3 Å². The van der Waals surface area contributed by atoms with Crippen molar-refractivity contribution in [2.24, 2.45) is 0 Å². The number of hydrogen-bond acceptors (Lipinski definition) is 5. The van der Waals surface area contributed by atoms with Gasteiger partial charge in [-0.15, -0.1) is 0 Å². The average Bonchev–Trinajstić information content (AvgIpc) is 2.40. The van der Waals surface area contributed by atoms with Crippen molar-refractivity contribution in [1.29, 1.82) is 0 Å². The van der Waals surface area contributed by atoms with Crippen molar-refractivity contribution in [3.63, 3.8) is 0 Å². The van der Waals surface area contributed by atoms with Crippen LogP contribution in [0.15, 0.2) is 36.4 Å². The Morgan fingerprint density at radius 2 is 2.00 bits per heavy atom. The summed E-state index contributed by atoms with van der Waals surface area (Å²) in [5.41, 5.74) is 7.80. The van der Waals surface area contributed by atoms with Crippen molar-refractivity contribution < 1.29 is 4.92 Å². The van der Waals surface area contributed by atoms with Crippen molar-refractivity contribution in [2.75, 3.05) is 17.7 Å². The first-order valence-electron chi connectivity index (χ1n) is 6.15. The largest absolute Gasteiger partial charge is 0.378 e. The smallest absolute Gasteiger partial charge is 0.311 e. The van der Waals surface area contributed by atoms with E-state index >= 15 is 0 Å². The van der Waals surface area contributed by atoms with Gasteiger partial charge >= 0.3 is 5.69 Å². The van der Waals surface area contributed by atoms with E-state index in [0.717, 1.165) is 0 Å². The molecule has 104 valence electrons. The van der Waals surface area contributed by atoms with Crippen LogP contribution in [0.25, 0.3) is 0 Å². The lowest BCUT2D eigenvalue weighted by Gasteiger charge is -2.19. The van der Waals surface area contributed by atoms with E-state index < -0.39 is 4.92 Å². The Balaban J connectivity index is 2.22. The van der Waals surface area contributed by atoms with E-state index in [-0.39, 0.29) is 11.5 Å². The molecule has 0 atom stereocenters. The number of nitrogen functional groups attached to an aromatic ring is 1. The number of nitro groups is 1. The second-order valence-corrected chi connectivity index (χ2v) is 4.61. The van der Waals surface area contributed by atoms with Crippen LogP contribution in [-0.2, 0) is 6.54 Å². The molecule has 0 unspecified atom stereocenters. The number of aromatic nitrogens is 1. The van der Waals surface area contributed by atoms with Crippen LogP contribution in [-0.4, -0.2) is 17.0 Å². The van der Waals surface area contributed by atoms with Crippen molar-refractivity contribution in [1.82, 2.24) is 4.98 Å². The number of pyridine rings is 1. The lowest BCUT2D eigenvalue weighted by atomic mass is 10.1. The minimum atomic E-state index is -0.534. The number of anilines is 2. The Morgan fingerprint density at radius 1 is 1.30 bits per heavy atom. The van der Waals surface area contributed by atoms with E-state index in [4.69, 9.17) is 5.73 Å². The number of aryl methyl sites for hydroxylation is 1. The molecule has 0 saturated carbocycles. The fourth-order valence-corrected chi connectivity index (χ4v) is 1.95. The summed E-state index contributed by atoms with van der Waals surface area (Å²) in [6, 6.07) is 11.0. The summed E-state index contributed by atoms with van der Waals surface area (Å²) >= 11 is 0. The normalized spacial score (nSPS) is 10.3. The zero-order chi connectivity index (χ0) is 14.7. The van der Waals surface area contributed by atoms with Crippen LogP contribution in [0.5, 0.6) is 0 Å². The van der Waals surface area contributed by atoms with Crippen LogP contribution in [0.1, 0.15) is 11.1 Å². The second-order valence-electron chi connectivity index (χ2n) is 4.61. The van der Waals surface area contributed by atoms with Crippen molar-refractivity contribution in [3.8, 4) is 0 Å². The Kier molecular flexibility index (Phi) is 3.84. The first-order chi connectivity index (χ1) is 9.49. The molecule has 0 aliphatic rings. The quantitative estimate of drug-likeness (QED) is 0.682. The third-order valence-electron chi connectivity index (χ3n) is 3.14. The maximum Gasteiger partial charge on any atom is 0.311 e. The second kappa shape index (κ2) is 5.56. The van der Waals surface area contributed by atoms with E-state index in [9.17, 15) is 10.1 Å². The van der Waals surface area contributed by atoms with E-state index in [2.05, 4.69) is 4.98 Å². The number of nitrogens with zero attached hydrogens (tertiary/aromatic N) is 3. The van der Waals surface area contributed by atoms with Crippen LogP contribution in [0.4, 0.5) is 17.3 Å². The highest BCUT2D eigenvalue weighted by atomic mass is 16.6. The monoisotopic (exact) mass is 272 g/mol. The molecule has 1 aromatic carbocycles. The average molecular weight is 272 g/mol. The van der Waals surface area contributed by atoms with Crippen LogP contribution in [0.2, 0.25) is 0 Å². The number of nitrogens with two attached hydrogens (primary N) is 1. The first-order valence-corrected chi connectivity index (χ1v) is 6.15. The van der Waals surface area contributed by atoms with Crippen molar-refractivity contribution in [3.05, 3.63) is 57.6 Å². The maximum atomic E-state index is 10.7. The summed E-state index contributed by atoms with van der Waals surface area (Å²) in [6.07, 6.45) is 0. The van der Waals surface area contributed by atoms with Gasteiger partial charge in [-0.05, 0) is 24.1 Å². The number of hydrogen-bond donors (Lipinski definition) is 1. The summed E-state index contributed by atoms with van der Waals surface area (Å²) < 4.78 is 0. The molecule has 20 heavy (non-hydrogen) atoms. The van der Waals surface area contributed by atoms with Gasteiger partial charge in [-0.3, -0.25) is 10.1 Å². The lowest BCUT2D eigenvalue weighted by molar-refractivity contribution is -0.384. The van der Waals surface area contributed by atoms with Crippen molar-refractivity contribution in [2.45, 2.75) is 13.5 Å². The molecule has 0 spiro atoms. The predicted octanol–water partition coefficient (Wildman–Crippen LogP) is 2.52. The van der Waals surface area contributed by atoms with Gasteiger partial charge in [0.2, 0.25) is 5.82 Å². The summed E-state index contributed by atoms with van der Waals surface area (Å²) in [7, 11) is 1.88. The number of benzene rings is 1. The zero-order valence-corrected chi connectivity index (χ0v) is 11.4. The molecule has 6 nitrogen and oxygen atoms in total. The molecule has 0 aliphatic carbocycles. The first kappa shape index (κ1) is 13.8. The molecule has 0 amide bonds. The van der Waals surface area contributed by atoms with Gasteiger partial charge in [-0.2, -0.15) is 0 Å². The van der Waals surface area contributed by atoms with Crippen LogP contribution in [0.3, 0.4) is 0 Å². The van der Waals surface area contributed by atoms with E-state index in [1.165, 1.54) is 17.2 Å². The Labute approximate surface area is 117 Å². The predicted molar refractivity (Wildman–Crippen MR) is 78.6 cm³/mol. The van der Waals surface area contributed by atoms with E-state index in [1.54, 1.807) is 6.07 Å². The summed E-state index contributed by atoms with van der Waals surface area (Å²) in [6.45, 7) is 2.71. The topological polar surface area (TPSA) is 85.3 Å². The van der Waals surface area contributed by atoms with Gasteiger partial charge < -0.3 is 10.6 Å². The molecular formula is C14H16N4O2. The fourth-order valence-electron chi connectivity index (χ4n) is 1.95. The van der Waals surface area contributed by atoms with Gasteiger partial charge in [0, 0.05) is 19.7 Å². The summed E-state index contributed by atoms with van der Waals surface area (Å²) in [4.78, 5) is 16.2. The summed E-state index contributed by atoms with van der Waals surface area (Å²) in [5.74, 6) is 0.542. The molecule has 0 aliphatic heterocycles. The Morgan fingerprint density at radius 3 is 2.60 bits per heavy atom. The Hall–Kier alpha value is -2.63. The van der Waals surface area contributed by atoms with E-state index in [1.807, 2.05) is 43.1 Å². The molecule has 6 heteroatoms. The SMILES string of the molecule is Cc1ccccc1CN(C)c1ccc([N+](=O)[O-])c(N)n1. The van der Waals surface area contributed by atoms with E-state index in [0.29, 0.717) is 12.4 Å². The van der Waals surface area contributed by atoms with Crippen LogP contribution < -0.4 is 10.6 Å². The molecule has 0 saturated heterocycles. The molecule has 0 fully saturated rings. The molecule has 0 radical (unpaired) electrons. The highest BCUT2D eigenvalue weighted by Crippen LogP contribution is 2.23. The fraction of sp³-hybridized carbons (Fsp3) is 0.214. The maximum absolute atomic E-state index is 10.7. The molecular weight excluding hydrogens is 256 g/mol. The van der Waals surface area contributed by atoms with Gasteiger partial charge in [0.25, 0.3) is 0 Å². The standard InChI is InChI=1S/C14H16N4O2/c1-10-5-3-4-6-11(10)9-17(2)13-8-7-12(18(19)20)14(15)16-13/h3-8H,9H2,1-2H3,(H2,15,16). The van der Waals surface area contributed by atoms with Gasteiger partial charge in [0.05, 0.1) is 4.92 Å². The minimum absolute atomic E-state index is 0.0656. The highest BCUT2D eigenvalue weighted by Gasteiger charge is 2.14. The van der Waals surface area contributed by atoms with Gasteiger partial charge in [-0.1, -0.05) is 24.3 Å². The third kappa shape index (κ3) is 2.85. The highest BCUT2D eigenvalue weighted by molar-refractivity contribution is 5.57. The molecule has 2 rings (SSSR count). The minimum Gasteiger partial charge on any atom is -0.378 e. The van der Waals surface area contributed by atoms with Crippen LogP contribution >= 0.6 is 0 Å². The molecule has 2 N–H and O–H groups in total. The molecule has 2 aromatic rings. The Bertz CT molecular complexity index is 643. The zero-order valence-electron chi connectivity index (χ0n) is 11.4.